The number of amides is 1. The molecule has 0 unspecified atom stereocenters. The molecule has 1 aliphatic carbocycles. The zero-order chi connectivity index (χ0) is 23.0. The zero-order valence-electron chi connectivity index (χ0n) is 18.2. The standard InChI is InChI=1S/C24H27FN2O5S/c25-18-7-5-16(6-8-18)15-26-24(28)21-13-17-3-1-2-4-20(17)27(21)33(29,30)19-9-10-22-23(14-19)32-12-11-31-22/h5-10,14,17,20-21H,1-4,11-13,15H2,(H,26,28)/t17-,20-,21+/m1/s1. The van der Waals surface area contributed by atoms with E-state index in [1.807, 2.05) is 0 Å². The molecule has 2 fully saturated rings. The summed E-state index contributed by atoms with van der Waals surface area (Å²) in [6.07, 6.45) is 4.15. The van der Waals surface area contributed by atoms with Crippen molar-refractivity contribution in [2.45, 2.75) is 55.6 Å². The Hall–Kier alpha value is -2.65. The number of benzene rings is 2. The number of sulfonamides is 1. The Kier molecular flexibility index (Phi) is 6.01. The Bertz CT molecular complexity index is 1140. The van der Waals surface area contributed by atoms with E-state index in [-0.39, 0.29) is 35.1 Å². The Morgan fingerprint density at radius 3 is 2.55 bits per heavy atom. The van der Waals surface area contributed by atoms with Crippen molar-refractivity contribution in [3.63, 3.8) is 0 Å². The van der Waals surface area contributed by atoms with Crippen molar-refractivity contribution in [2.24, 2.45) is 5.92 Å². The van der Waals surface area contributed by atoms with Crippen molar-refractivity contribution in [2.75, 3.05) is 13.2 Å². The highest BCUT2D eigenvalue weighted by molar-refractivity contribution is 7.89. The lowest BCUT2D eigenvalue weighted by molar-refractivity contribution is -0.124. The molecule has 33 heavy (non-hydrogen) atoms. The minimum atomic E-state index is -3.94. The molecule has 5 rings (SSSR count). The minimum Gasteiger partial charge on any atom is -0.486 e. The van der Waals surface area contributed by atoms with Gasteiger partial charge in [0.1, 0.15) is 25.1 Å². The third kappa shape index (κ3) is 4.31. The molecule has 3 aliphatic rings. The summed E-state index contributed by atoms with van der Waals surface area (Å²) in [4.78, 5) is 13.3. The number of nitrogens with one attached hydrogen (secondary N) is 1. The Balaban J connectivity index is 1.42. The van der Waals surface area contributed by atoms with Crippen LogP contribution in [0.1, 0.15) is 37.7 Å². The van der Waals surface area contributed by atoms with Crippen molar-refractivity contribution in [1.29, 1.82) is 0 Å². The number of halogens is 1. The number of fused-ring (bicyclic) bond motifs is 2. The van der Waals surface area contributed by atoms with Gasteiger partial charge < -0.3 is 14.8 Å². The molecule has 0 bridgehead atoms. The van der Waals surface area contributed by atoms with Crippen molar-refractivity contribution < 1.29 is 27.1 Å². The lowest BCUT2D eigenvalue weighted by Gasteiger charge is -2.33. The summed E-state index contributed by atoms with van der Waals surface area (Å²) in [5.41, 5.74) is 0.751. The first-order chi connectivity index (χ1) is 15.9. The molecule has 7 nitrogen and oxygen atoms in total. The Morgan fingerprint density at radius 1 is 1.03 bits per heavy atom. The maximum atomic E-state index is 13.8. The molecule has 1 saturated carbocycles. The van der Waals surface area contributed by atoms with Gasteiger partial charge >= 0.3 is 0 Å². The fraction of sp³-hybridized carbons (Fsp3) is 0.458. The number of nitrogens with zero attached hydrogens (tertiary/aromatic N) is 1. The second-order valence-electron chi connectivity index (χ2n) is 8.85. The van der Waals surface area contributed by atoms with E-state index in [0.29, 0.717) is 31.1 Å². The Morgan fingerprint density at radius 2 is 1.76 bits per heavy atom. The molecule has 2 aromatic rings. The van der Waals surface area contributed by atoms with E-state index in [1.165, 1.54) is 28.6 Å². The fourth-order valence-electron chi connectivity index (χ4n) is 5.20. The summed E-state index contributed by atoms with van der Waals surface area (Å²) in [5, 5.41) is 2.86. The fourth-order valence-corrected chi connectivity index (χ4v) is 7.09. The van der Waals surface area contributed by atoms with Crippen LogP contribution in [-0.4, -0.2) is 43.9 Å². The van der Waals surface area contributed by atoms with Crippen molar-refractivity contribution in [1.82, 2.24) is 9.62 Å². The Labute approximate surface area is 192 Å². The van der Waals surface area contributed by atoms with Gasteiger partial charge in [-0.3, -0.25) is 4.79 Å². The molecule has 176 valence electrons. The second kappa shape index (κ2) is 8.95. The third-order valence-electron chi connectivity index (χ3n) is 6.80. The highest BCUT2D eigenvalue weighted by Crippen LogP contribution is 2.43. The summed E-state index contributed by atoms with van der Waals surface area (Å²) in [6.45, 7) is 0.994. The number of hydrogen-bond donors (Lipinski definition) is 1. The molecule has 1 N–H and O–H groups in total. The van der Waals surface area contributed by atoms with Gasteiger partial charge in [0, 0.05) is 18.7 Å². The normalized spacial score (nSPS) is 24.8. The first kappa shape index (κ1) is 22.2. The number of carbonyl (C=O) groups is 1. The molecule has 2 aliphatic heterocycles. The molecule has 0 radical (unpaired) electrons. The van der Waals surface area contributed by atoms with Crippen LogP contribution in [0, 0.1) is 11.7 Å². The van der Waals surface area contributed by atoms with E-state index in [1.54, 1.807) is 18.2 Å². The van der Waals surface area contributed by atoms with Crippen LogP contribution in [0.5, 0.6) is 11.5 Å². The average molecular weight is 475 g/mol. The van der Waals surface area contributed by atoms with Gasteiger partial charge in [-0.25, -0.2) is 12.8 Å². The number of hydrogen-bond acceptors (Lipinski definition) is 5. The summed E-state index contributed by atoms with van der Waals surface area (Å²) in [6, 6.07) is 9.53. The smallest absolute Gasteiger partial charge is 0.244 e. The maximum absolute atomic E-state index is 13.8. The summed E-state index contributed by atoms with van der Waals surface area (Å²) < 4.78 is 53.3. The van der Waals surface area contributed by atoms with Crippen molar-refractivity contribution in [3.8, 4) is 11.5 Å². The van der Waals surface area contributed by atoms with E-state index < -0.39 is 16.1 Å². The third-order valence-corrected chi connectivity index (χ3v) is 8.73. The number of rotatable bonds is 5. The van der Waals surface area contributed by atoms with Crippen molar-refractivity contribution in [3.05, 3.63) is 53.8 Å². The first-order valence-electron chi connectivity index (χ1n) is 11.4. The van der Waals surface area contributed by atoms with Crippen LogP contribution in [-0.2, 0) is 21.4 Å². The number of carbonyl (C=O) groups excluding carboxylic acids is 1. The summed E-state index contributed by atoms with van der Waals surface area (Å²) in [7, 11) is -3.94. The van der Waals surface area contributed by atoms with Crippen molar-refractivity contribution >= 4 is 15.9 Å². The van der Waals surface area contributed by atoms with Gasteiger partial charge in [0.05, 0.1) is 4.90 Å². The zero-order valence-corrected chi connectivity index (χ0v) is 19.0. The van der Waals surface area contributed by atoms with E-state index in [2.05, 4.69) is 5.32 Å². The maximum Gasteiger partial charge on any atom is 0.244 e. The lowest BCUT2D eigenvalue weighted by atomic mass is 9.85. The molecular weight excluding hydrogens is 447 g/mol. The molecule has 1 saturated heterocycles. The SMILES string of the molecule is O=C(NCc1ccc(F)cc1)[C@@H]1C[C@H]2CCCC[C@H]2N1S(=O)(=O)c1ccc2c(c1)OCCO2. The molecular formula is C24H27FN2O5S. The van der Waals surface area contributed by atoms with Crippen LogP contribution in [0.25, 0.3) is 0 Å². The van der Waals surface area contributed by atoms with Crippen LogP contribution in [0.3, 0.4) is 0 Å². The largest absolute Gasteiger partial charge is 0.486 e. The van der Waals surface area contributed by atoms with E-state index in [0.717, 1.165) is 31.2 Å². The highest BCUT2D eigenvalue weighted by atomic mass is 32.2. The first-order valence-corrected chi connectivity index (χ1v) is 12.8. The van der Waals surface area contributed by atoms with Crippen LogP contribution >= 0.6 is 0 Å². The van der Waals surface area contributed by atoms with E-state index in [4.69, 9.17) is 9.47 Å². The lowest BCUT2D eigenvalue weighted by Crippen LogP contribution is -2.49. The van der Waals surface area contributed by atoms with Crippen LogP contribution in [0.15, 0.2) is 47.4 Å². The van der Waals surface area contributed by atoms with Gasteiger partial charge in [-0.1, -0.05) is 25.0 Å². The van der Waals surface area contributed by atoms with Gasteiger partial charge in [-0.2, -0.15) is 4.31 Å². The quantitative estimate of drug-likeness (QED) is 0.719. The van der Waals surface area contributed by atoms with Gasteiger partial charge in [-0.15, -0.1) is 0 Å². The predicted octanol–water partition coefficient (Wildman–Crippen LogP) is 3.24. The molecule has 2 aromatic carbocycles. The molecule has 3 atom stereocenters. The van der Waals surface area contributed by atoms with Crippen LogP contribution < -0.4 is 14.8 Å². The van der Waals surface area contributed by atoms with Gasteiger partial charge in [-0.05, 0) is 55.0 Å². The molecule has 2 heterocycles. The van der Waals surface area contributed by atoms with Gasteiger partial charge in [0.15, 0.2) is 11.5 Å². The van der Waals surface area contributed by atoms with Crippen LogP contribution in [0.2, 0.25) is 0 Å². The number of ether oxygens (including phenoxy) is 2. The molecule has 9 heteroatoms. The van der Waals surface area contributed by atoms with E-state index >= 15 is 0 Å². The summed E-state index contributed by atoms with van der Waals surface area (Å²) in [5.74, 6) is 0.411. The highest BCUT2D eigenvalue weighted by Gasteiger charge is 2.51. The van der Waals surface area contributed by atoms with Gasteiger partial charge in [0.25, 0.3) is 0 Å². The predicted molar refractivity (Wildman–Crippen MR) is 119 cm³/mol. The molecule has 0 spiro atoms. The van der Waals surface area contributed by atoms with Gasteiger partial charge in [0.2, 0.25) is 15.9 Å². The monoisotopic (exact) mass is 474 g/mol. The second-order valence-corrected chi connectivity index (χ2v) is 10.7. The topological polar surface area (TPSA) is 84.9 Å². The summed E-state index contributed by atoms with van der Waals surface area (Å²) >= 11 is 0. The molecule has 1 amide bonds. The minimum absolute atomic E-state index is 0.106. The van der Waals surface area contributed by atoms with E-state index in [9.17, 15) is 17.6 Å². The average Bonchev–Trinajstić information content (AvgIpc) is 3.24. The molecule has 0 aromatic heterocycles. The van der Waals surface area contributed by atoms with Crippen LogP contribution in [0.4, 0.5) is 4.39 Å².